The fraction of sp³-hybridized carbons (Fsp3) is 1.00. The van der Waals surface area contributed by atoms with Gasteiger partial charge in [-0.1, -0.05) is 52.9 Å². The van der Waals surface area contributed by atoms with Crippen LogP contribution in [0, 0.1) is 17.8 Å². The Balaban J connectivity index is 2.41. The lowest BCUT2D eigenvalue weighted by atomic mass is 9.72. The highest BCUT2D eigenvalue weighted by molar-refractivity contribution is 4.76. The van der Waals surface area contributed by atoms with Gasteiger partial charge in [0.15, 0.2) is 0 Å². The van der Waals surface area contributed by atoms with E-state index in [1.165, 1.54) is 32.1 Å². The standard InChI is InChI=1S/C11H22/c1-4-6-11-9(2)7-5-8-10(11)3/h9-11H,4-8H2,1-3H3. The lowest BCUT2D eigenvalue weighted by molar-refractivity contribution is 0.167. The first-order valence-electron chi connectivity index (χ1n) is 5.25. The Morgan fingerprint density at radius 1 is 1.09 bits per heavy atom. The number of hydrogen-bond acceptors (Lipinski definition) is 0. The van der Waals surface area contributed by atoms with Gasteiger partial charge in [-0.05, 0) is 17.8 Å². The van der Waals surface area contributed by atoms with Gasteiger partial charge in [0.1, 0.15) is 0 Å². The molecule has 2 atom stereocenters. The second-order valence-electron chi connectivity index (χ2n) is 4.34. The van der Waals surface area contributed by atoms with Crippen molar-refractivity contribution in [1.82, 2.24) is 0 Å². The van der Waals surface area contributed by atoms with Crippen LogP contribution < -0.4 is 0 Å². The van der Waals surface area contributed by atoms with Crippen molar-refractivity contribution in [3.05, 3.63) is 0 Å². The summed E-state index contributed by atoms with van der Waals surface area (Å²) in [7, 11) is 0. The molecule has 0 N–H and O–H groups in total. The molecule has 1 aliphatic rings. The lowest BCUT2D eigenvalue weighted by Crippen LogP contribution is -2.24. The van der Waals surface area contributed by atoms with Crippen molar-refractivity contribution < 1.29 is 0 Å². The number of hydrogen-bond donors (Lipinski definition) is 0. The van der Waals surface area contributed by atoms with Gasteiger partial charge in [0, 0.05) is 0 Å². The second-order valence-corrected chi connectivity index (χ2v) is 4.34. The van der Waals surface area contributed by atoms with Crippen LogP contribution in [0.1, 0.15) is 52.9 Å². The minimum atomic E-state index is 0.999. The molecule has 1 saturated carbocycles. The quantitative estimate of drug-likeness (QED) is 0.566. The van der Waals surface area contributed by atoms with Crippen LogP contribution in [-0.2, 0) is 0 Å². The Labute approximate surface area is 71.4 Å². The molecule has 0 heterocycles. The van der Waals surface area contributed by atoms with Gasteiger partial charge < -0.3 is 0 Å². The van der Waals surface area contributed by atoms with E-state index in [0.717, 1.165) is 17.8 Å². The zero-order chi connectivity index (χ0) is 8.27. The first-order valence-corrected chi connectivity index (χ1v) is 5.25. The molecule has 0 nitrogen and oxygen atoms in total. The van der Waals surface area contributed by atoms with Crippen molar-refractivity contribution >= 4 is 0 Å². The zero-order valence-electron chi connectivity index (χ0n) is 8.27. The summed E-state index contributed by atoms with van der Waals surface area (Å²) in [6, 6.07) is 0. The van der Waals surface area contributed by atoms with E-state index in [9.17, 15) is 0 Å². The smallest absolute Gasteiger partial charge is 0.0363 e. The van der Waals surface area contributed by atoms with E-state index < -0.39 is 0 Å². The van der Waals surface area contributed by atoms with E-state index in [1.54, 1.807) is 0 Å². The van der Waals surface area contributed by atoms with Gasteiger partial charge in [0.2, 0.25) is 0 Å². The molecule has 0 heteroatoms. The molecular formula is C11H22. The largest absolute Gasteiger partial charge is 0.0654 e. The third-order valence-electron chi connectivity index (χ3n) is 3.40. The molecule has 0 saturated heterocycles. The monoisotopic (exact) mass is 154 g/mol. The molecule has 0 aliphatic heterocycles. The average Bonchev–Trinajstić information content (AvgIpc) is 1.97. The van der Waals surface area contributed by atoms with Gasteiger partial charge in [-0.2, -0.15) is 0 Å². The average molecular weight is 154 g/mol. The molecule has 66 valence electrons. The summed E-state index contributed by atoms with van der Waals surface area (Å²) >= 11 is 0. The Morgan fingerprint density at radius 3 is 2.09 bits per heavy atom. The molecule has 2 unspecified atom stereocenters. The van der Waals surface area contributed by atoms with Crippen LogP contribution in [0.4, 0.5) is 0 Å². The van der Waals surface area contributed by atoms with Crippen molar-refractivity contribution in [3.8, 4) is 0 Å². The Morgan fingerprint density at radius 2 is 1.64 bits per heavy atom. The van der Waals surface area contributed by atoms with Crippen LogP contribution in [-0.4, -0.2) is 0 Å². The van der Waals surface area contributed by atoms with Gasteiger partial charge >= 0.3 is 0 Å². The molecular weight excluding hydrogens is 132 g/mol. The molecule has 0 bridgehead atoms. The second kappa shape index (κ2) is 4.13. The fourth-order valence-corrected chi connectivity index (χ4v) is 2.65. The molecule has 1 fully saturated rings. The zero-order valence-corrected chi connectivity index (χ0v) is 8.27. The van der Waals surface area contributed by atoms with Crippen LogP contribution in [0.2, 0.25) is 0 Å². The third-order valence-corrected chi connectivity index (χ3v) is 3.40. The molecule has 1 rings (SSSR count). The highest BCUT2D eigenvalue weighted by Crippen LogP contribution is 2.36. The van der Waals surface area contributed by atoms with Crippen molar-refractivity contribution in [3.63, 3.8) is 0 Å². The molecule has 0 amide bonds. The van der Waals surface area contributed by atoms with Crippen LogP contribution >= 0.6 is 0 Å². The normalized spacial score (nSPS) is 39.0. The summed E-state index contributed by atoms with van der Waals surface area (Å²) in [4.78, 5) is 0. The molecule has 11 heavy (non-hydrogen) atoms. The topological polar surface area (TPSA) is 0 Å². The minimum absolute atomic E-state index is 0.999. The predicted molar refractivity (Wildman–Crippen MR) is 50.6 cm³/mol. The van der Waals surface area contributed by atoms with Gasteiger partial charge in [-0.3, -0.25) is 0 Å². The summed E-state index contributed by atoms with van der Waals surface area (Å²) in [5.41, 5.74) is 0. The Bertz CT molecular complexity index is 96.6. The maximum atomic E-state index is 2.44. The highest BCUT2D eigenvalue weighted by Gasteiger charge is 2.26. The van der Waals surface area contributed by atoms with Gasteiger partial charge in [0.05, 0.1) is 0 Å². The van der Waals surface area contributed by atoms with Crippen LogP contribution in [0.5, 0.6) is 0 Å². The molecule has 1 aliphatic carbocycles. The van der Waals surface area contributed by atoms with Gasteiger partial charge in [-0.15, -0.1) is 0 Å². The van der Waals surface area contributed by atoms with E-state index in [-0.39, 0.29) is 0 Å². The van der Waals surface area contributed by atoms with Crippen molar-refractivity contribution in [2.45, 2.75) is 52.9 Å². The summed E-state index contributed by atoms with van der Waals surface area (Å²) in [6.07, 6.45) is 7.27. The van der Waals surface area contributed by atoms with E-state index in [1.807, 2.05) is 0 Å². The number of rotatable bonds is 2. The lowest BCUT2D eigenvalue weighted by Gasteiger charge is -2.34. The van der Waals surface area contributed by atoms with Gasteiger partial charge in [-0.25, -0.2) is 0 Å². The van der Waals surface area contributed by atoms with Crippen LogP contribution in [0.25, 0.3) is 0 Å². The summed E-state index contributed by atoms with van der Waals surface area (Å²) < 4.78 is 0. The first-order chi connectivity index (χ1) is 5.25. The highest BCUT2D eigenvalue weighted by atomic mass is 14.3. The van der Waals surface area contributed by atoms with E-state index in [2.05, 4.69) is 20.8 Å². The molecule has 0 aromatic rings. The molecule has 0 aromatic carbocycles. The fourth-order valence-electron chi connectivity index (χ4n) is 2.65. The minimum Gasteiger partial charge on any atom is -0.0654 e. The Hall–Kier alpha value is 0. The molecule has 0 aromatic heterocycles. The SMILES string of the molecule is CCCC1C(C)CCCC1C. The maximum absolute atomic E-state index is 2.44. The van der Waals surface area contributed by atoms with Crippen LogP contribution in [0.15, 0.2) is 0 Å². The van der Waals surface area contributed by atoms with E-state index in [0.29, 0.717) is 0 Å². The maximum Gasteiger partial charge on any atom is -0.0363 e. The predicted octanol–water partition coefficient (Wildman–Crippen LogP) is 3.86. The summed E-state index contributed by atoms with van der Waals surface area (Å²) in [5.74, 6) is 3.03. The molecule has 0 spiro atoms. The van der Waals surface area contributed by atoms with Crippen molar-refractivity contribution in [1.29, 1.82) is 0 Å². The van der Waals surface area contributed by atoms with Crippen molar-refractivity contribution in [2.75, 3.05) is 0 Å². The van der Waals surface area contributed by atoms with E-state index in [4.69, 9.17) is 0 Å². The summed E-state index contributed by atoms with van der Waals surface area (Å²) in [6.45, 7) is 7.19. The third kappa shape index (κ3) is 2.21. The van der Waals surface area contributed by atoms with Crippen LogP contribution in [0.3, 0.4) is 0 Å². The van der Waals surface area contributed by atoms with Crippen molar-refractivity contribution in [2.24, 2.45) is 17.8 Å². The molecule has 0 radical (unpaired) electrons. The first kappa shape index (κ1) is 9.09. The van der Waals surface area contributed by atoms with Gasteiger partial charge in [0.25, 0.3) is 0 Å². The van der Waals surface area contributed by atoms with E-state index >= 15 is 0 Å². The summed E-state index contributed by atoms with van der Waals surface area (Å²) in [5, 5.41) is 0. The Kier molecular flexibility index (Phi) is 3.42.